The summed E-state index contributed by atoms with van der Waals surface area (Å²) in [7, 11) is 0. The summed E-state index contributed by atoms with van der Waals surface area (Å²) < 4.78 is 24.9. The van der Waals surface area contributed by atoms with Gasteiger partial charge in [0, 0.05) is 5.69 Å². The van der Waals surface area contributed by atoms with Gasteiger partial charge in [0.25, 0.3) is 5.91 Å². The van der Waals surface area contributed by atoms with Gasteiger partial charge < -0.3 is 14.8 Å². The van der Waals surface area contributed by atoms with Crippen LogP contribution in [0.15, 0.2) is 66.2 Å². The molecule has 33 heavy (non-hydrogen) atoms. The number of benzene rings is 3. The van der Waals surface area contributed by atoms with E-state index in [1.807, 2.05) is 32.0 Å². The van der Waals surface area contributed by atoms with Crippen LogP contribution >= 0.6 is 11.6 Å². The Labute approximate surface area is 197 Å². The molecule has 0 aromatic heterocycles. The SMILES string of the molecule is CCOc1cc(/C=C(\C#N)C(=O)Nc2ccc(C)cc2)cc(Cl)c1OCc1cccc(F)c1. The summed E-state index contributed by atoms with van der Waals surface area (Å²) >= 11 is 6.43. The van der Waals surface area contributed by atoms with E-state index in [9.17, 15) is 14.4 Å². The molecule has 0 aliphatic heterocycles. The van der Waals surface area contributed by atoms with Gasteiger partial charge in [0.2, 0.25) is 0 Å². The lowest BCUT2D eigenvalue weighted by Gasteiger charge is -2.15. The van der Waals surface area contributed by atoms with Crippen LogP contribution in [0, 0.1) is 24.1 Å². The molecule has 5 nitrogen and oxygen atoms in total. The van der Waals surface area contributed by atoms with Crippen LogP contribution in [0.1, 0.15) is 23.6 Å². The second-order valence-corrected chi connectivity index (χ2v) is 7.58. The Morgan fingerprint density at radius 3 is 2.58 bits per heavy atom. The zero-order chi connectivity index (χ0) is 23.8. The highest BCUT2D eigenvalue weighted by Gasteiger charge is 2.15. The summed E-state index contributed by atoms with van der Waals surface area (Å²) in [4.78, 5) is 12.6. The first-order valence-corrected chi connectivity index (χ1v) is 10.6. The van der Waals surface area contributed by atoms with Crippen LogP contribution in [0.5, 0.6) is 11.5 Å². The number of hydrogen-bond acceptors (Lipinski definition) is 4. The summed E-state index contributed by atoms with van der Waals surface area (Å²) in [6.45, 7) is 4.19. The highest BCUT2D eigenvalue weighted by Crippen LogP contribution is 2.38. The molecule has 0 radical (unpaired) electrons. The number of halogens is 2. The Balaban J connectivity index is 1.84. The molecule has 3 aromatic carbocycles. The minimum absolute atomic E-state index is 0.0924. The third kappa shape index (κ3) is 6.58. The number of ether oxygens (including phenoxy) is 2. The van der Waals surface area contributed by atoms with Gasteiger partial charge in [-0.25, -0.2) is 4.39 Å². The predicted molar refractivity (Wildman–Crippen MR) is 127 cm³/mol. The van der Waals surface area contributed by atoms with E-state index < -0.39 is 5.91 Å². The van der Waals surface area contributed by atoms with E-state index in [1.165, 1.54) is 18.2 Å². The van der Waals surface area contributed by atoms with Gasteiger partial charge >= 0.3 is 0 Å². The number of anilines is 1. The zero-order valence-electron chi connectivity index (χ0n) is 18.2. The maximum absolute atomic E-state index is 13.4. The molecule has 3 aromatic rings. The van der Waals surface area contributed by atoms with Gasteiger partial charge in [0.15, 0.2) is 11.5 Å². The molecule has 0 bridgehead atoms. The smallest absolute Gasteiger partial charge is 0.266 e. The van der Waals surface area contributed by atoms with Gasteiger partial charge in [-0.2, -0.15) is 5.26 Å². The first-order valence-electron chi connectivity index (χ1n) is 10.2. The summed E-state index contributed by atoms with van der Waals surface area (Å²) in [5, 5.41) is 12.4. The van der Waals surface area contributed by atoms with Crippen LogP contribution in [0.4, 0.5) is 10.1 Å². The molecule has 0 spiro atoms. The van der Waals surface area contributed by atoms with Gasteiger partial charge in [-0.3, -0.25) is 4.79 Å². The Bertz CT molecular complexity index is 1220. The summed E-state index contributed by atoms with van der Waals surface area (Å²) in [5.74, 6) is -0.256. The lowest BCUT2D eigenvalue weighted by molar-refractivity contribution is -0.112. The van der Waals surface area contributed by atoms with Crippen LogP contribution in [0.2, 0.25) is 5.02 Å². The van der Waals surface area contributed by atoms with Gasteiger partial charge in [0.1, 0.15) is 24.1 Å². The lowest BCUT2D eigenvalue weighted by Crippen LogP contribution is -2.13. The summed E-state index contributed by atoms with van der Waals surface area (Å²) in [6, 6.07) is 18.4. The number of nitrogens with one attached hydrogen (secondary N) is 1. The molecule has 1 amide bonds. The largest absolute Gasteiger partial charge is 0.490 e. The van der Waals surface area contributed by atoms with Crippen molar-refractivity contribution in [3.8, 4) is 17.6 Å². The number of nitriles is 1. The molecular weight excluding hydrogens is 443 g/mol. The number of hydrogen-bond donors (Lipinski definition) is 1. The lowest BCUT2D eigenvalue weighted by atomic mass is 10.1. The summed E-state index contributed by atoms with van der Waals surface area (Å²) in [6.07, 6.45) is 1.42. The van der Waals surface area contributed by atoms with Gasteiger partial charge in [-0.1, -0.05) is 41.4 Å². The van der Waals surface area contributed by atoms with Crippen LogP contribution in [0.3, 0.4) is 0 Å². The van der Waals surface area contributed by atoms with E-state index in [4.69, 9.17) is 21.1 Å². The first kappa shape index (κ1) is 23.8. The monoisotopic (exact) mass is 464 g/mol. The van der Waals surface area contributed by atoms with Crippen LogP contribution in [-0.2, 0) is 11.4 Å². The van der Waals surface area contributed by atoms with E-state index in [1.54, 1.807) is 36.4 Å². The van der Waals surface area contributed by atoms with E-state index in [-0.39, 0.29) is 23.0 Å². The molecule has 0 atom stereocenters. The van der Waals surface area contributed by atoms with Gasteiger partial charge in [-0.15, -0.1) is 0 Å². The second kappa shape index (κ2) is 11.2. The Morgan fingerprint density at radius 2 is 1.91 bits per heavy atom. The predicted octanol–water partition coefficient (Wildman–Crippen LogP) is 6.31. The number of aryl methyl sites for hydroxylation is 1. The zero-order valence-corrected chi connectivity index (χ0v) is 18.9. The topological polar surface area (TPSA) is 71.3 Å². The maximum atomic E-state index is 13.4. The minimum Gasteiger partial charge on any atom is -0.490 e. The number of amides is 1. The average Bonchev–Trinajstić information content (AvgIpc) is 2.78. The van der Waals surface area contributed by atoms with Crippen molar-refractivity contribution < 1.29 is 18.7 Å². The molecule has 0 saturated carbocycles. The quantitative estimate of drug-likeness (QED) is 0.313. The molecule has 168 valence electrons. The fraction of sp³-hybridized carbons (Fsp3) is 0.154. The van der Waals surface area contributed by atoms with Crippen molar-refractivity contribution in [2.75, 3.05) is 11.9 Å². The standard InChI is InChI=1S/C26H22ClFN2O3/c1-3-32-24-14-19(11-20(15-29)26(31)30-22-9-7-17(2)8-10-22)13-23(27)25(24)33-16-18-5-4-6-21(28)12-18/h4-14H,3,16H2,1-2H3,(H,30,31)/b20-11+. The highest BCUT2D eigenvalue weighted by atomic mass is 35.5. The molecule has 0 heterocycles. The molecule has 0 saturated heterocycles. The van der Waals surface area contributed by atoms with Crippen molar-refractivity contribution in [3.63, 3.8) is 0 Å². The van der Waals surface area contributed by atoms with E-state index in [0.29, 0.717) is 34.9 Å². The van der Waals surface area contributed by atoms with E-state index >= 15 is 0 Å². The molecule has 7 heteroatoms. The van der Waals surface area contributed by atoms with E-state index in [2.05, 4.69) is 5.32 Å². The van der Waals surface area contributed by atoms with E-state index in [0.717, 1.165) is 5.56 Å². The first-order chi connectivity index (χ1) is 15.9. The fourth-order valence-corrected chi connectivity index (χ4v) is 3.28. The fourth-order valence-electron chi connectivity index (χ4n) is 3.01. The average molecular weight is 465 g/mol. The Morgan fingerprint density at radius 1 is 1.15 bits per heavy atom. The van der Waals surface area contributed by atoms with Crippen molar-refractivity contribution >= 4 is 29.3 Å². The molecule has 0 aliphatic carbocycles. The number of rotatable bonds is 8. The molecule has 1 N–H and O–H groups in total. The van der Waals surface area contributed by atoms with Gasteiger partial charge in [-0.05, 0) is 67.4 Å². The van der Waals surface area contributed by atoms with Crippen molar-refractivity contribution in [2.24, 2.45) is 0 Å². The van der Waals surface area contributed by atoms with Crippen molar-refractivity contribution in [1.29, 1.82) is 5.26 Å². The maximum Gasteiger partial charge on any atom is 0.266 e. The summed E-state index contributed by atoms with van der Waals surface area (Å²) in [5.41, 5.74) is 2.68. The molecule has 0 fully saturated rings. The minimum atomic E-state index is -0.540. The Hall–Kier alpha value is -3.82. The van der Waals surface area contributed by atoms with Crippen LogP contribution < -0.4 is 14.8 Å². The van der Waals surface area contributed by atoms with Crippen molar-refractivity contribution in [2.45, 2.75) is 20.5 Å². The normalized spacial score (nSPS) is 10.9. The third-order valence-electron chi connectivity index (χ3n) is 4.59. The van der Waals surface area contributed by atoms with Crippen LogP contribution in [-0.4, -0.2) is 12.5 Å². The molecule has 0 aliphatic rings. The van der Waals surface area contributed by atoms with Crippen molar-refractivity contribution in [3.05, 3.63) is 93.8 Å². The number of carbonyl (C=O) groups is 1. The highest BCUT2D eigenvalue weighted by molar-refractivity contribution is 6.32. The van der Waals surface area contributed by atoms with Crippen LogP contribution in [0.25, 0.3) is 6.08 Å². The van der Waals surface area contributed by atoms with Gasteiger partial charge in [0.05, 0.1) is 11.6 Å². The second-order valence-electron chi connectivity index (χ2n) is 7.17. The molecule has 0 unspecified atom stereocenters. The Kier molecular flexibility index (Phi) is 8.06. The number of carbonyl (C=O) groups excluding carboxylic acids is 1. The number of nitrogens with zero attached hydrogens (tertiary/aromatic N) is 1. The molecular formula is C26H22ClFN2O3. The van der Waals surface area contributed by atoms with Crippen molar-refractivity contribution in [1.82, 2.24) is 0 Å². The molecule has 3 rings (SSSR count). The third-order valence-corrected chi connectivity index (χ3v) is 4.87.